The standard InChI is InChI=1S/C15H14N4S2.ClH/c16-15(17)21-10-11-9-19(12-5-2-1-3-6-12)18-14(11)13-7-4-8-20-13;/h1-9H,10H2,(H3,16,17);1H/p-1. The van der Waals surface area contributed by atoms with E-state index in [1.807, 2.05) is 52.7 Å². The van der Waals surface area contributed by atoms with E-state index in [1.165, 1.54) is 11.8 Å². The number of nitrogens with two attached hydrogens (primary N) is 1. The molecule has 2 aromatic heterocycles. The minimum Gasteiger partial charge on any atom is -1.00 e. The van der Waals surface area contributed by atoms with Crippen LogP contribution in [-0.2, 0) is 5.75 Å². The van der Waals surface area contributed by atoms with Crippen molar-refractivity contribution in [2.45, 2.75) is 5.75 Å². The van der Waals surface area contributed by atoms with Crippen molar-refractivity contribution < 1.29 is 12.4 Å². The van der Waals surface area contributed by atoms with Crippen LogP contribution < -0.4 is 18.1 Å². The maximum Gasteiger partial charge on any atom is 0.151 e. The Bertz CT molecular complexity index is 738. The smallest absolute Gasteiger partial charge is 0.151 e. The van der Waals surface area contributed by atoms with Gasteiger partial charge in [-0.3, -0.25) is 5.41 Å². The van der Waals surface area contributed by atoms with Crippen LogP contribution in [0.3, 0.4) is 0 Å². The average Bonchev–Trinajstić information content (AvgIpc) is 3.15. The van der Waals surface area contributed by atoms with E-state index in [0.717, 1.165) is 21.8 Å². The summed E-state index contributed by atoms with van der Waals surface area (Å²) in [7, 11) is 0. The summed E-state index contributed by atoms with van der Waals surface area (Å²) in [6.07, 6.45) is 2.01. The fourth-order valence-electron chi connectivity index (χ4n) is 2.00. The lowest BCUT2D eigenvalue weighted by Gasteiger charge is -1.99. The summed E-state index contributed by atoms with van der Waals surface area (Å²) in [4.78, 5) is 1.13. The molecule has 0 radical (unpaired) electrons. The molecule has 0 aliphatic carbocycles. The van der Waals surface area contributed by atoms with Crippen molar-refractivity contribution in [3.63, 3.8) is 0 Å². The first-order chi connectivity index (χ1) is 10.2. The normalized spacial score (nSPS) is 10.2. The lowest BCUT2D eigenvalue weighted by atomic mass is 10.2. The monoisotopic (exact) mass is 349 g/mol. The topological polar surface area (TPSA) is 67.7 Å². The Morgan fingerprint density at radius 3 is 2.64 bits per heavy atom. The Labute approximate surface area is 143 Å². The molecule has 0 bridgehead atoms. The van der Waals surface area contributed by atoms with E-state index in [0.29, 0.717) is 5.75 Å². The Balaban J connectivity index is 0.00000176. The fourth-order valence-corrected chi connectivity index (χ4v) is 3.27. The molecule has 1 aromatic carbocycles. The summed E-state index contributed by atoms with van der Waals surface area (Å²) in [6.45, 7) is 0. The number of hydrogen-bond donors (Lipinski definition) is 2. The third-order valence-corrected chi connectivity index (χ3v) is 4.59. The SMILES string of the molecule is N=C(N)SCc1cn(-c2ccccc2)nc1-c1cccs1.[Cl-]. The van der Waals surface area contributed by atoms with Crippen LogP contribution in [-0.4, -0.2) is 14.9 Å². The van der Waals surface area contributed by atoms with Gasteiger partial charge in [-0.25, -0.2) is 4.68 Å². The minimum absolute atomic E-state index is 0. The van der Waals surface area contributed by atoms with E-state index in [-0.39, 0.29) is 17.6 Å². The number of rotatable bonds is 4. The highest BCUT2D eigenvalue weighted by atomic mass is 35.5. The maximum atomic E-state index is 7.38. The molecule has 0 saturated carbocycles. The molecule has 0 unspecified atom stereocenters. The number of nitrogens with zero attached hydrogens (tertiary/aromatic N) is 2. The fraction of sp³-hybridized carbons (Fsp3) is 0.0667. The molecule has 114 valence electrons. The van der Waals surface area contributed by atoms with Crippen LogP contribution >= 0.6 is 23.1 Å². The Morgan fingerprint density at radius 2 is 2.00 bits per heavy atom. The number of amidine groups is 1. The molecule has 0 aliphatic rings. The van der Waals surface area contributed by atoms with Crippen LogP contribution in [0.4, 0.5) is 0 Å². The molecular weight excluding hydrogens is 336 g/mol. The number of halogens is 1. The molecule has 3 rings (SSSR count). The van der Waals surface area contributed by atoms with Crippen molar-refractivity contribution in [1.82, 2.24) is 9.78 Å². The van der Waals surface area contributed by atoms with Gasteiger partial charge < -0.3 is 18.1 Å². The van der Waals surface area contributed by atoms with Gasteiger partial charge in [0.25, 0.3) is 0 Å². The number of para-hydroxylation sites is 1. The Morgan fingerprint density at radius 1 is 1.23 bits per heavy atom. The molecule has 7 heteroatoms. The van der Waals surface area contributed by atoms with Crippen molar-refractivity contribution in [1.29, 1.82) is 5.41 Å². The van der Waals surface area contributed by atoms with Gasteiger partial charge in [-0.1, -0.05) is 36.0 Å². The van der Waals surface area contributed by atoms with Gasteiger partial charge in [-0.15, -0.1) is 11.3 Å². The number of thioether (sulfide) groups is 1. The van der Waals surface area contributed by atoms with E-state index < -0.39 is 0 Å². The molecule has 3 aromatic rings. The Kier molecular flexibility index (Phi) is 5.65. The first kappa shape index (κ1) is 16.6. The molecule has 0 spiro atoms. The van der Waals surface area contributed by atoms with E-state index in [9.17, 15) is 0 Å². The predicted molar refractivity (Wildman–Crippen MR) is 90.1 cm³/mol. The lowest BCUT2D eigenvalue weighted by molar-refractivity contribution is -0.00000444. The summed E-state index contributed by atoms with van der Waals surface area (Å²) < 4.78 is 1.88. The number of benzene rings is 1. The van der Waals surface area contributed by atoms with E-state index in [2.05, 4.69) is 6.07 Å². The largest absolute Gasteiger partial charge is 1.00 e. The van der Waals surface area contributed by atoms with E-state index in [4.69, 9.17) is 16.2 Å². The molecule has 0 atom stereocenters. The number of hydrogen-bond acceptors (Lipinski definition) is 4. The summed E-state index contributed by atoms with van der Waals surface area (Å²) in [6, 6.07) is 14.1. The van der Waals surface area contributed by atoms with Gasteiger partial charge in [0.05, 0.1) is 10.6 Å². The zero-order valence-corrected chi connectivity index (χ0v) is 14.0. The first-order valence-electron chi connectivity index (χ1n) is 6.38. The average molecular weight is 350 g/mol. The van der Waals surface area contributed by atoms with Gasteiger partial charge in [-0.2, -0.15) is 5.10 Å². The zero-order chi connectivity index (χ0) is 14.7. The minimum atomic E-state index is 0. The van der Waals surface area contributed by atoms with Gasteiger partial charge >= 0.3 is 0 Å². The molecule has 0 saturated heterocycles. The second-order valence-corrected chi connectivity index (χ2v) is 6.38. The van der Waals surface area contributed by atoms with Crippen LogP contribution in [0.5, 0.6) is 0 Å². The molecule has 3 N–H and O–H groups in total. The number of aromatic nitrogens is 2. The van der Waals surface area contributed by atoms with Gasteiger partial charge in [0.1, 0.15) is 5.69 Å². The summed E-state index contributed by atoms with van der Waals surface area (Å²) in [5.74, 6) is 0.648. The molecular formula is C15H14ClN4S2-. The van der Waals surface area contributed by atoms with Crippen LogP contribution in [0.25, 0.3) is 16.3 Å². The van der Waals surface area contributed by atoms with E-state index >= 15 is 0 Å². The van der Waals surface area contributed by atoms with Crippen LogP contribution in [0, 0.1) is 5.41 Å². The third kappa shape index (κ3) is 3.71. The van der Waals surface area contributed by atoms with Crippen molar-refractivity contribution in [3.05, 3.63) is 59.6 Å². The Hall–Kier alpha value is -1.76. The summed E-state index contributed by atoms with van der Waals surface area (Å²) >= 11 is 2.98. The third-order valence-electron chi connectivity index (χ3n) is 2.95. The van der Waals surface area contributed by atoms with Gasteiger partial charge in [-0.05, 0) is 23.6 Å². The van der Waals surface area contributed by atoms with Crippen molar-refractivity contribution >= 4 is 28.3 Å². The van der Waals surface area contributed by atoms with Crippen LogP contribution in [0.1, 0.15) is 5.56 Å². The van der Waals surface area contributed by atoms with E-state index in [1.54, 1.807) is 11.3 Å². The quantitative estimate of drug-likeness (QED) is 0.539. The second kappa shape index (κ2) is 7.49. The predicted octanol–water partition coefficient (Wildman–Crippen LogP) is 0.731. The second-order valence-electron chi connectivity index (χ2n) is 4.41. The van der Waals surface area contributed by atoms with Crippen LogP contribution in [0.15, 0.2) is 54.0 Å². The van der Waals surface area contributed by atoms with Crippen LogP contribution in [0.2, 0.25) is 0 Å². The van der Waals surface area contributed by atoms with Gasteiger partial charge in [0.2, 0.25) is 0 Å². The van der Waals surface area contributed by atoms with Gasteiger partial charge in [0, 0.05) is 17.5 Å². The number of thiophene rings is 1. The highest BCUT2D eigenvalue weighted by Gasteiger charge is 2.13. The van der Waals surface area contributed by atoms with Crippen molar-refractivity contribution in [2.75, 3.05) is 0 Å². The number of nitrogens with one attached hydrogen (secondary N) is 1. The maximum absolute atomic E-state index is 7.38. The molecule has 4 nitrogen and oxygen atoms in total. The molecule has 0 aliphatic heterocycles. The lowest BCUT2D eigenvalue weighted by Crippen LogP contribution is -3.00. The van der Waals surface area contributed by atoms with Crippen molar-refractivity contribution in [2.24, 2.45) is 5.73 Å². The molecule has 2 heterocycles. The first-order valence-corrected chi connectivity index (χ1v) is 8.25. The van der Waals surface area contributed by atoms with Crippen molar-refractivity contribution in [3.8, 4) is 16.3 Å². The zero-order valence-electron chi connectivity index (χ0n) is 11.6. The molecule has 0 amide bonds. The highest BCUT2D eigenvalue weighted by Crippen LogP contribution is 2.29. The molecule has 0 fully saturated rings. The summed E-state index contributed by atoms with van der Waals surface area (Å²) in [5.41, 5.74) is 8.52. The van der Waals surface area contributed by atoms with Gasteiger partial charge in [0.15, 0.2) is 5.17 Å². The highest BCUT2D eigenvalue weighted by molar-refractivity contribution is 8.13. The summed E-state index contributed by atoms with van der Waals surface area (Å²) in [5, 5.41) is 14.2. The molecule has 22 heavy (non-hydrogen) atoms.